The Labute approximate surface area is 209 Å². The van der Waals surface area contributed by atoms with E-state index in [1.54, 1.807) is 0 Å². The van der Waals surface area contributed by atoms with Gasteiger partial charge in [-0.25, -0.2) is 0 Å². The van der Waals surface area contributed by atoms with Crippen molar-refractivity contribution in [2.75, 3.05) is 36.8 Å². The molecule has 1 aliphatic heterocycles. The second kappa shape index (κ2) is 10.8. The summed E-state index contributed by atoms with van der Waals surface area (Å²) in [6.07, 6.45) is 0. The van der Waals surface area contributed by atoms with E-state index < -0.39 is 0 Å². The number of ether oxygens (including phenoxy) is 1. The monoisotopic (exact) mass is 487 g/mol. The van der Waals surface area contributed by atoms with Crippen molar-refractivity contribution in [2.45, 2.75) is 25.2 Å². The van der Waals surface area contributed by atoms with Crippen LogP contribution in [0.2, 0.25) is 0 Å². The highest BCUT2D eigenvalue weighted by atomic mass is 32.2. The zero-order chi connectivity index (χ0) is 24.0. The number of fused-ring (bicyclic) bond motifs is 1. The van der Waals surface area contributed by atoms with Gasteiger partial charge in [-0.2, -0.15) is 0 Å². The van der Waals surface area contributed by atoms with Crippen molar-refractivity contribution in [2.24, 2.45) is 0 Å². The molecule has 1 aromatic heterocycles. The van der Waals surface area contributed by atoms with E-state index in [9.17, 15) is 4.79 Å². The summed E-state index contributed by atoms with van der Waals surface area (Å²) in [4.78, 5) is 17.1. The van der Waals surface area contributed by atoms with Crippen LogP contribution in [-0.4, -0.2) is 57.5 Å². The van der Waals surface area contributed by atoms with Crippen molar-refractivity contribution in [1.82, 2.24) is 19.7 Å². The van der Waals surface area contributed by atoms with Gasteiger partial charge in [-0.05, 0) is 30.5 Å². The van der Waals surface area contributed by atoms with Crippen LogP contribution in [0.4, 0.5) is 5.69 Å². The predicted molar refractivity (Wildman–Crippen MR) is 140 cm³/mol. The van der Waals surface area contributed by atoms with Crippen LogP contribution in [0.5, 0.6) is 5.75 Å². The maximum absolute atomic E-state index is 12.9. The first kappa shape index (κ1) is 23.2. The number of thioether (sulfide) groups is 1. The van der Waals surface area contributed by atoms with E-state index in [1.165, 1.54) is 17.4 Å². The molecule has 2 heterocycles. The molecule has 3 aromatic carbocycles. The summed E-state index contributed by atoms with van der Waals surface area (Å²) in [7, 11) is 0. The fourth-order valence-corrected chi connectivity index (χ4v) is 5.31. The number of carbonyl (C=O) groups is 1. The maximum atomic E-state index is 12.9. The largest absolute Gasteiger partial charge is 0.485 e. The van der Waals surface area contributed by atoms with Gasteiger partial charge in [0.1, 0.15) is 12.4 Å². The number of amides is 1. The molecule has 0 spiro atoms. The smallest absolute Gasteiger partial charge is 0.233 e. The minimum Gasteiger partial charge on any atom is -0.485 e. The van der Waals surface area contributed by atoms with E-state index in [-0.39, 0.29) is 5.91 Å². The summed E-state index contributed by atoms with van der Waals surface area (Å²) in [5.41, 5.74) is 1.21. The van der Waals surface area contributed by atoms with Gasteiger partial charge in [0.15, 0.2) is 11.0 Å². The number of piperazine rings is 1. The highest BCUT2D eigenvalue weighted by Crippen LogP contribution is 2.26. The van der Waals surface area contributed by atoms with Gasteiger partial charge in [-0.15, -0.1) is 10.2 Å². The molecule has 0 atom stereocenters. The lowest BCUT2D eigenvalue weighted by Gasteiger charge is -2.36. The molecule has 4 aromatic rings. The van der Waals surface area contributed by atoms with Gasteiger partial charge in [0.2, 0.25) is 5.91 Å². The van der Waals surface area contributed by atoms with E-state index in [0.29, 0.717) is 18.9 Å². The molecule has 1 fully saturated rings. The van der Waals surface area contributed by atoms with Crippen molar-refractivity contribution in [3.63, 3.8) is 0 Å². The van der Waals surface area contributed by atoms with Crippen LogP contribution in [0, 0.1) is 0 Å². The molecule has 1 amide bonds. The zero-order valence-electron chi connectivity index (χ0n) is 19.8. The Hall–Kier alpha value is -3.52. The lowest BCUT2D eigenvalue weighted by Crippen LogP contribution is -2.49. The third-order valence-electron chi connectivity index (χ3n) is 6.29. The van der Waals surface area contributed by atoms with Gasteiger partial charge in [-0.1, -0.05) is 66.4 Å². The van der Waals surface area contributed by atoms with Crippen LogP contribution in [0.25, 0.3) is 10.8 Å². The lowest BCUT2D eigenvalue weighted by molar-refractivity contribution is -0.128. The summed E-state index contributed by atoms with van der Waals surface area (Å²) in [6, 6.07) is 24.6. The Morgan fingerprint density at radius 1 is 0.914 bits per heavy atom. The molecule has 0 N–H and O–H groups in total. The Kier molecular flexibility index (Phi) is 7.18. The molecule has 180 valence electrons. The number of rotatable bonds is 8. The first-order valence-corrected chi connectivity index (χ1v) is 12.9. The van der Waals surface area contributed by atoms with E-state index >= 15 is 0 Å². The molecule has 0 bridgehead atoms. The van der Waals surface area contributed by atoms with Gasteiger partial charge >= 0.3 is 0 Å². The number of carbonyl (C=O) groups excluding carboxylic acids is 1. The molecule has 5 rings (SSSR count). The highest BCUT2D eigenvalue weighted by Gasteiger charge is 2.22. The number of hydrogen-bond acceptors (Lipinski definition) is 6. The number of hydrogen-bond donors (Lipinski definition) is 0. The third-order valence-corrected chi connectivity index (χ3v) is 7.25. The zero-order valence-corrected chi connectivity index (χ0v) is 20.7. The minimum absolute atomic E-state index is 0.141. The quantitative estimate of drug-likeness (QED) is 0.342. The molecule has 0 saturated carbocycles. The standard InChI is InChI=1S/C27H29N5O2S/c1-2-32-25(19-34-24-14-8-10-21-9-6-7-13-23(21)24)28-29-27(32)35-20-26(33)31-17-15-30(16-18-31)22-11-4-3-5-12-22/h3-14H,2,15-20H2,1H3. The molecular formula is C27H29N5O2S. The van der Waals surface area contributed by atoms with Crippen molar-refractivity contribution >= 4 is 34.1 Å². The Morgan fingerprint density at radius 2 is 1.66 bits per heavy atom. The number of aromatic nitrogens is 3. The highest BCUT2D eigenvalue weighted by molar-refractivity contribution is 7.99. The van der Waals surface area contributed by atoms with Crippen molar-refractivity contribution < 1.29 is 9.53 Å². The van der Waals surface area contributed by atoms with Gasteiger partial charge in [0.05, 0.1) is 5.75 Å². The van der Waals surface area contributed by atoms with Gasteiger partial charge < -0.3 is 19.1 Å². The second-order valence-corrected chi connectivity index (χ2v) is 9.34. The first-order chi connectivity index (χ1) is 17.2. The number of benzene rings is 3. The minimum atomic E-state index is 0.141. The summed E-state index contributed by atoms with van der Waals surface area (Å²) >= 11 is 1.44. The van der Waals surface area contributed by atoms with Crippen LogP contribution >= 0.6 is 11.8 Å². The SMILES string of the molecule is CCn1c(COc2cccc3ccccc23)nnc1SCC(=O)N1CCN(c2ccccc2)CC1. The topological polar surface area (TPSA) is 63.5 Å². The normalized spacial score (nSPS) is 13.9. The van der Waals surface area contributed by atoms with E-state index in [2.05, 4.69) is 64.5 Å². The maximum Gasteiger partial charge on any atom is 0.233 e. The van der Waals surface area contributed by atoms with Crippen molar-refractivity contribution in [1.29, 1.82) is 0 Å². The molecule has 1 saturated heterocycles. The fraction of sp³-hybridized carbons (Fsp3) is 0.296. The van der Waals surface area contributed by atoms with Crippen molar-refractivity contribution in [3.8, 4) is 5.75 Å². The molecule has 8 heteroatoms. The molecule has 0 aliphatic carbocycles. The second-order valence-electron chi connectivity index (χ2n) is 8.40. The van der Waals surface area contributed by atoms with Gasteiger partial charge in [-0.3, -0.25) is 4.79 Å². The Bertz CT molecular complexity index is 1280. The average molecular weight is 488 g/mol. The van der Waals surface area contributed by atoms with E-state index in [0.717, 1.165) is 53.7 Å². The first-order valence-electron chi connectivity index (χ1n) is 12.0. The fourth-order valence-electron chi connectivity index (χ4n) is 4.38. The van der Waals surface area contributed by atoms with Crippen LogP contribution < -0.4 is 9.64 Å². The van der Waals surface area contributed by atoms with Crippen LogP contribution in [0.3, 0.4) is 0 Å². The predicted octanol–water partition coefficient (Wildman–Crippen LogP) is 4.47. The van der Waals surface area contributed by atoms with E-state index in [4.69, 9.17) is 4.74 Å². The summed E-state index contributed by atoms with van der Waals surface area (Å²) in [5, 5.41) is 11.7. The summed E-state index contributed by atoms with van der Waals surface area (Å²) in [6.45, 7) is 6.26. The van der Waals surface area contributed by atoms with Gasteiger partial charge in [0, 0.05) is 43.8 Å². The molecule has 1 aliphatic rings. The molecule has 0 unspecified atom stereocenters. The number of anilines is 1. The summed E-state index contributed by atoms with van der Waals surface area (Å²) in [5.74, 6) is 2.08. The molecule has 7 nitrogen and oxygen atoms in total. The van der Waals surface area contributed by atoms with Crippen LogP contribution in [0.15, 0.2) is 78.0 Å². The van der Waals surface area contributed by atoms with Crippen molar-refractivity contribution in [3.05, 3.63) is 78.6 Å². The van der Waals surface area contributed by atoms with Crippen LogP contribution in [-0.2, 0) is 17.9 Å². The molecule has 0 radical (unpaired) electrons. The Morgan fingerprint density at radius 3 is 2.46 bits per heavy atom. The number of nitrogens with zero attached hydrogens (tertiary/aromatic N) is 5. The van der Waals surface area contributed by atoms with Gasteiger partial charge in [0.25, 0.3) is 0 Å². The Balaban J connectivity index is 1.16. The van der Waals surface area contributed by atoms with E-state index in [1.807, 2.05) is 39.8 Å². The molecular weight excluding hydrogens is 458 g/mol. The number of para-hydroxylation sites is 1. The average Bonchev–Trinajstić information content (AvgIpc) is 3.32. The third kappa shape index (κ3) is 5.27. The lowest BCUT2D eigenvalue weighted by atomic mass is 10.1. The van der Waals surface area contributed by atoms with Crippen LogP contribution in [0.1, 0.15) is 12.7 Å². The molecule has 35 heavy (non-hydrogen) atoms. The summed E-state index contributed by atoms with van der Waals surface area (Å²) < 4.78 is 8.14.